The van der Waals surface area contributed by atoms with Crippen molar-refractivity contribution >= 4 is 28.7 Å². The number of carbonyl (C=O) groups excluding carboxylic acids is 1. The first kappa shape index (κ1) is 18.6. The van der Waals surface area contributed by atoms with E-state index >= 15 is 0 Å². The highest BCUT2D eigenvalue weighted by Gasteiger charge is 2.13. The van der Waals surface area contributed by atoms with Crippen LogP contribution >= 0.6 is 22.7 Å². The average Bonchev–Trinajstić information content (AvgIpc) is 3.35. The predicted molar refractivity (Wildman–Crippen MR) is 109 cm³/mol. The zero-order valence-corrected chi connectivity index (χ0v) is 16.0. The standard InChI is InChI=1S/C20H22N2O2S2/c23-16(17-10-11-19(26-17)18-9-5-13-25-18)14-22-20(24)21-12-4-8-15-6-2-1-3-7-15/h1-3,5-7,9-11,13,16,23H,4,8,12,14H2,(H2,21,22,24)/t16-/m1/s1. The van der Waals surface area contributed by atoms with Crippen molar-refractivity contribution in [3.05, 3.63) is 70.4 Å². The summed E-state index contributed by atoms with van der Waals surface area (Å²) in [6.07, 6.45) is 1.13. The van der Waals surface area contributed by atoms with E-state index < -0.39 is 6.10 Å². The molecule has 2 heterocycles. The lowest BCUT2D eigenvalue weighted by atomic mass is 10.1. The number of urea groups is 1. The Labute approximate surface area is 161 Å². The molecule has 0 fully saturated rings. The Balaban J connectivity index is 1.36. The van der Waals surface area contributed by atoms with Crippen LogP contribution in [-0.2, 0) is 6.42 Å². The molecule has 0 bridgehead atoms. The van der Waals surface area contributed by atoms with E-state index in [1.54, 1.807) is 22.7 Å². The summed E-state index contributed by atoms with van der Waals surface area (Å²) in [7, 11) is 0. The second-order valence-corrected chi connectivity index (χ2v) is 7.98. The number of nitrogens with one attached hydrogen (secondary N) is 2. The van der Waals surface area contributed by atoms with Crippen LogP contribution in [0.2, 0.25) is 0 Å². The summed E-state index contributed by atoms with van der Waals surface area (Å²) in [5, 5.41) is 17.9. The number of rotatable bonds is 8. The molecule has 0 radical (unpaired) electrons. The molecule has 26 heavy (non-hydrogen) atoms. The lowest BCUT2D eigenvalue weighted by Crippen LogP contribution is -2.38. The van der Waals surface area contributed by atoms with Gasteiger partial charge in [0.25, 0.3) is 0 Å². The van der Waals surface area contributed by atoms with Gasteiger partial charge in [-0.2, -0.15) is 0 Å². The zero-order valence-electron chi connectivity index (χ0n) is 14.4. The van der Waals surface area contributed by atoms with Crippen molar-refractivity contribution in [3.8, 4) is 9.75 Å². The first-order valence-electron chi connectivity index (χ1n) is 8.59. The molecule has 0 aliphatic carbocycles. The van der Waals surface area contributed by atoms with Gasteiger partial charge in [-0.05, 0) is 42.0 Å². The highest BCUT2D eigenvalue weighted by Crippen LogP contribution is 2.33. The molecule has 6 heteroatoms. The van der Waals surface area contributed by atoms with Crippen molar-refractivity contribution in [2.45, 2.75) is 18.9 Å². The largest absolute Gasteiger partial charge is 0.386 e. The van der Waals surface area contributed by atoms with Gasteiger partial charge in [0.1, 0.15) is 6.10 Å². The Morgan fingerprint density at radius 3 is 2.62 bits per heavy atom. The van der Waals surface area contributed by atoms with Crippen molar-refractivity contribution in [2.75, 3.05) is 13.1 Å². The van der Waals surface area contributed by atoms with Crippen LogP contribution in [-0.4, -0.2) is 24.2 Å². The number of carbonyl (C=O) groups is 1. The van der Waals surface area contributed by atoms with Gasteiger partial charge in [-0.25, -0.2) is 4.79 Å². The fourth-order valence-electron chi connectivity index (χ4n) is 2.57. The third-order valence-corrected chi connectivity index (χ3v) is 6.20. The minimum absolute atomic E-state index is 0.203. The molecule has 3 aromatic rings. The number of aliphatic hydroxyl groups is 1. The lowest BCUT2D eigenvalue weighted by Gasteiger charge is -2.11. The summed E-state index contributed by atoms with van der Waals surface area (Å²) in [4.78, 5) is 15.0. The smallest absolute Gasteiger partial charge is 0.314 e. The Morgan fingerprint density at radius 1 is 1.00 bits per heavy atom. The third kappa shape index (κ3) is 5.42. The number of aliphatic hydroxyl groups excluding tert-OH is 1. The molecular formula is C20H22N2O2S2. The topological polar surface area (TPSA) is 61.4 Å². The molecule has 2 amide bonds. The second-order valence-electron chi connectivity index (χ2n) is 5.92. The summed E-state index contributed by atoms with van der Waals surface area (Å²) in [5.41, 5.74) is 1.27. The summed E-state index contributed by atoms with van der Waals surface area (Å²) in [5.74, 6) is 0. The van der Waals surface area contributed by atoms with Crippen LogP contribution in [0.25, 0.3) is 9.75 Å². The van der Waals surface area contributed by atoms with E-state index in [0.29, 0.717) is 6.54 Å². The predicted octanol–water partition coefficient (Wildman–Crippen LogP) is 4.44. The number of amides is 2. The van der Waals surface area contributed by atoms with Crippen LogP contribution in [0.3, 0.4) is 0 Å². The van der Waals surface area contributed by atoms with Crippen LogP contribution in [0.15, 0.2) is 60.0 Å². The first-order valence-corrected chi connectivity index (χ1v) is 10.3. The Morgan fingerprint density at radius 2 is 1.85 bits per heavy atom. The second kappa shape index (κ2) is 9.52. The molecule has 2 aromatic heterocycles. The van der Waals surface area contributed by atoms with Gasteiger partial charge < -0.3 is 15.7 Å². The maximum atomic E-state index is 11.9. The van der Waals surface area contributed by atoms with Gasteiger partial charge in [0.2, 0.25) is 0 Å². The molecule has 0 aliphatic heterocycles. The monoisotopic (exact) mass is 386 g/mol. The van der Waals surface area contributed by atoms with E-state index in [1.165, 1.54) is 10.4 Å². The van der Waals surface area contributed by atoms with E-state index in [0.717, 1.165) is 22.6 Å². The van der Waals surface area contributed by atoms with E-state index in [2.05, 4.69) is 28.8 Å². The molecule has 3 N–H and O–H groups in total. The Kier molecular flexibility index (Phi) is 6.82. The molecule has 0 unspecified atom stereocenters. The molecule has 1 atom stereocenters. The van der Waals surface area contributed by atoms with E-state index in [4.69, 9.17) is 0 Å². The quantitative estimate of drug-likeness (QED) is 0.501. The van der Waals surface area contributed by atoms with Crippen molar-refractivity contribution < 1.29 is 9.90 Å². The van der Waals surface area contributed by atoms with Gasteiger partial charge >= 0.3 is 6.03 Å². The van der Waals surface area contributed by atoms with Crippen molar-refractivity contribution in [2.24, 2.45) is 0 Å². The van der Waals surface area contributed by atoms with E-state index in [1.807, 2.05) is 41.8 Å². The van der Waals surface area contributed by atoms with Crippen LogP contribution < -0.4 is 10.6 Å². The molecule has 1 aromatic carbocycles. The third-order valence-electron chi connectivity index (χ3n) is 3.95. The van der Waals surface area contributed by atoms with Gasteiger partial charge in [-0.15, -0.1) is 22.7 Å². The Bertz CT molecular complexity index is 800. The number of thiophene rings is 2. The Hall–Kier alpha value is -2.15. The minimum atomic E-state index is -0.691. The molecule has 3 rings (SSSR count). The molecule has 0 aliphatic rings. The molecule has 136 valence electrons. The number of hydrogen-bond donors (Lipinski definition) is 3. The van der Waals surface area contributed by atoms with Crippen LogP contribution in [0.1, 0.15) is 23.0 Å². The maximum Gasteiger partial charge on any atom is 0.314 e. The van der Waals surface area contributed by atoms with Crippen molar-refractivity contribution in [1.82, 2.24) is 10.6 Å². The van der Waals surface area contributed by atoms with Crippen molar-refractivity contribution in [1.29, 1.82) is 0 Å². The summed E-state index contributed by atoms with van der Waals surface area (Å²) in [6, 6.07) is 18.0. The fraction of sp³-hybridized carbons (Fsp3) is 0.250. The molecule has 4 nitrogen and oxygen atoms in total. The van der Waals surface area contributed by atoms with Crippen molar-refractivity contribution in [3.63, 3.8) is 0 Å². The van der Waals surface area contributed by atoms with Crippen LogP contribution in [0, 0.1) is 0 Å². The molecule has 0 saturated carbocycles. The molecule has 0 spiro atoms. The summed E-state index contributed by atoms with van der Waals surface area (Å²) >= 11 is 3.24. The van der Waals surface area contributed by atoms with Gasteiger partial charge in [0.05, 0.1) is 6.54 Å². The SMILES string of the molecule is O=C(NCCCc1ccccc1)NC[C@@H](O)c1ccc(-c2cccs2)s1. The van der Waals surface area contributed by atoms with Gasteiger partial charge in [0, 0.05) is 21.2 Å². The number of aryl methyl sites for hydroxylation is 1. The number of benzene rings is 1. The average molecular weight is 387 g/mol. The summed E-state index contributed by atoms with van der Waals surface area (Å²) < 4.78 is 0. The normalized spacial score (nSPS) is 11.9. The minimum Gasteiger partial charge on any atom is -0.386 e. The maximum absolute atomic E-state index is 11.9. The van der Waals surface area contributed by atoms with Gasteiger partial charge in [0.15, 0.2) is 0 Å². The zero-order chi connectivity index (χ0) is 18.2. The number of hydrogen-bond acceptors (Lipinski definition) is 4. The molecular weight excluding hydrogens is 364 g/mol. The molecule has 0 saturated heterocycles. The lowest BCUT2D eigenvalue weighted by molar-refractivity contribution is 0.176. The van der Waals surface area contributed by atoms with Gasteiger partial charge in [-0.3, -0.25) is 0 Å². The fourth-order valence-corrected chi connectivity index (χ4v) is 4.40. The van der Waals surface area contributed by atoms with Crippen LogP contribution in [0.5, 0.6) is 0 Å². The van der Waals surface area contributed by atoms with Gasteiger partial charge in [-0.1, -0.05) is 36.4 Å². The first-order chi connectivity index (χ1) is 12.7. The highest BCUT2D eigenvalue weighted by atomic mass is 32.1. The van der Waals surface area contributed by atoms with E-state index in [-0.39, 0.29) is 12.6 Å². The summed E-state index contributed by atoms with van der Waals surface area (Å²) in [6.45, 7) is 0.813. The highest BCUT2D eigenvalue weighted by molar-refractivity contribution is 7.21. The van der Waals surface area contributed by atoms with E-state index in [9.17, 15) is 9.90 Å². The van der Waals surface area contributed by atoms with Crippen LogP contribution in [0.4, 0.5) is 4.79 Å².